The number of nitrogens with one attached hydrogen (secondary N) is 1. The fourth-order valence-corrected chi connectivity index (χ4v) is 1.76. The zero-order chi connectivity index (χ0) is 9.26. The normalized spacial score (nSPS) is 10.3. The molecule has 0 aliphatic rings. The fourth-order valence-electron chi connectivity index (χ4n) is 1.42. The highest BCUT2D eigenvalue weighted by Crippen LogP contribution is 2.20. The predicted octanol–water partition coefficient (Wildman–Crippen LogP) is 3.91. The van der Waals surface area contributed by atoms with Gasteiger partial charge < -0.3 is 3.53 Å². The van der Waals surface area contributed by atoms with Gasteiger partial charge in [0.2, 0.25) is 0 Å². The Bertz CT molecular complexity index is 437. The maximum Gasteiger partial charge on any atom is 0.0560 e. The molecule has 2 aromatic rings. The van der Waals surface area contributed by atoms with Crippen LogP contribution in [0.15, 0.2) is 36.4 Å². The molecule has 0 unspecified atom stereocenters. The number of anilines is 1. The van der Waals surface area contributed by atoms with Gasteiger partial charge in [-0.15, -0.1) is 0 Å². The van der Waals surface area contributed by atoms with Crippen LogP contribution in [0.4, 0.5) is 5.69 Å². The number of aryl methyl sites for hydroxylation is 1. The molecule has 0 aliphatic heterocycles. The predicted molar refractivity (Wildman–Crippen MR) is 66.3 cm³/mol. The number of hydrogen-bond donors (Lipinski definition) is 1. The van der Waals surface area contributed by atoms with Crippen molar-refractivity contribution in [1.82, 2.24) is 0 Å². The van der Waals surface area contributed by atoms with Gasteiger partial charge in [0.05, 0.1) is 22.9 Å². The van der Waals surface area contributed by atoms with Crippen molar-refractivity contribution in [3.63, 3.8) is 0 Å². The number of benzene rings is 2. The maximum atomic E-state index is 3.10. The van der Waals surface area contributed by atoms with E-state index in [0.29, 0.717) is 0 Å². The van der Waals surface area contributed by atoms with E-state index in [2.05, 4.69) is 69.7 Å². The van der Waals surface area contributed by atoms with Crippen LogP contribution in [0.3, 0.4) is 0 Å². The minimum atomic E-state index is 1.15. The lowest BCUT2D eigenvalue weighted by molar-refractivity contribution is 1.51. The average molecular weight is 283 g/mol. The van der Waals surface area contributed by atoms with Crippen LogP contribution in [-0.4, -0.2) is 0 Å². The third-order valence-electron chi connectivity index (χ3n) is 2.10. The summed E-state index contributed by atoms with van der Waals surface area (Å²) in [6.07, 6.45) is 0. The van der Waals surface area contributed by atoms with Gasteiger partial charge in [0.1, 0.15) is 0 Å². The summed E-state index contributed by atoms with van der Waals surface area (Å²) in [5, 5.41) is 2.59. The summed E-state index contributed by atoms with van der Waals surface area (Å²) in [5.74, 6) is 0. The Morgan fingerprint density at radius 1 is 1.00 bits per heavy atom. The van der Waals surface area contributed by atoms with Crippen molar-refractivity contribution in [2.24, 2.45) is 0 Å². The van der Waals surface area contributed by atoms with E-state index in [0.717, 1.165) is 5.69 Å². The number of halogens is 1. The van der Waals surface area contributed by atoms with Crippen LogP contribution in [0.1, 0.15) is 5.56 Å². The van der Waals surface area contributed by atoms with E-state index in [1.807, 2.05) is 0 Å². The second kappa shape index (κ2) is 3.54. The van der Waals surface area contributed by atoms with Crippen LogP contribution < -0.4 is 3.53 Å². The van der Waals surface area contributed by atoms with E-state index in [1.165, 1.54) is 16.3 Å². The maximum absolute atomic E-state index is 3.10. The molecule has 1 N–H and O–H groups in total. The van der Waals surface area contributed by atoms with Gasteiger partial charge in [-0.05, 0) is 29.8 Å². The molecule has 0 spiro atoms. The monoisotopic (exact) mass is 283 g/mol. The Balaban J connectivity index is 2.66. The van der Waals surface area contributed by atoms with Crippen LogP contribution in [0.25, 0.3) is 10.8 Å². The first-order chi connectivity index (χ1) is 6.29. The van der Waals surface area contributed by atoms with Crippen molar-refractivity contribution >= 4 is 39.3 Å². The lowest BCUT2D eigenvalue weighted by Gasteiger charge is -2.02. The molecule has 2 aromatic carbocycles. The van der Waals surface area contributed by atoms with Crippen LogP contribution >= 0.6 is 22.9 Å². The molecular weight excluding hydrogens is 273 g/mol. The number of rotatable bonds is 1. The number of hydrogen-bond acceptors (Lipinski definition) is 1. The van der Waals surface area contributed by atoms with E-state index in [-0.39, 0.29) is 0 Å². The molecule has 13 heavy (non-hydrogen) atoms. The van der Waals surface area contributed by atoms with E-state index in [1.54, 1.807) is 0 Å². The standard InChI is InChI=1S/C11H10IN/c1-8-2-3-10-7-11(13-12)5-4-9(10)6-8/h2-7,13H,1H3. The van der Waals surface area contributed by atoms with Crippen molar-refractivity contribution in [2.75, 3.05) is 3.53 Å². The van der Waals surface area contributed by atoms with Gasteiger partial charge in [-0.3, -0.25) is 0 Å². The minimum Gasteiger partial charge on any atom is -0.328 e. The summed E-state index contributed by atoms with van der Waals surface area (Å²) in [4.78, 5) is 0. The molecule has 0 atom stereocenters. The van der Waals surface area contributed by atoms with Crippen molar-refractivity contribution < 1.29 is 0 Å². The third kappa shape index (κ3) is 1.77. The summed E-state index contributed by atoms with van der Waals surface area (Å²) >= 11 is 2.14. The highest BCUT2D eigenvalue weighted by Gasteiger charge is 1.94. The zero-order valence-corrected chi connectivity index (χ0v) is 9.50. The highest BCUT2D eigenvalue weighted by atomic mass is 127. The van der Waals surface area contributed by atoms with Gasteiger partial charge >= 0.3 is 0 Å². The summed E-state index contributed by atoms with van der Waals surface area (Å²) in [6.45, 7) is 2.12. The molecule has 0 bridgehead atoms. The molecule has 2 rings (SSSR count). The Morgan fingerprint density at radius 2 is 1.69 bits per heavy atom. The molecule has 0 radical (unpaired) electrons. The first-order valence-corrected chi connectivity index (χ1v) is 5.24. The van der Waals surface area contributed by atoms with E-state index in [4.69, 9.17) is 0 Å². The molecule has 0 saturated carbocycles. The first kappa shape index (κ1) is 8.81. The molecular formula is C11H10IN. The van der Waals surface area contributed by atoms with Gasteiger partial charge in [0, 0.05) is 5.69 Å². The summed E-state index contributed by atoms with van der Waals surface area (Å²) in [5.41, 5.74) is 2.46. The summed E-state index contributed by atoms with van der Waals surface area (Å²) in [6, 6.07) is 12.9. The largest absolute Gasteiger partial charge is 0.328 e. The van der Waals surface area contributed by atoms with Crippen molar-refractivity contribution in [2.45, 2.75) is 6.92 Å². The van der Waals surface area contributed by atoms with Gasteiger partial charge in [-0.25, -0.2) is 0 Å². The third-order valence-corrected chi connectivity index (χ3v) is 2.73. The molecule has 0 aromatic heterocycles. The summed E-state index contributed by atoms with van der Waals surface area (Å²) < 4.78 is 3.10. The molecule has 0 amide bonds. The Labute approximate surface area is 91.6 Å². The lowest BCUT2D eigenvalue weighted by atomic mass is 10.1. The highest BCUT2D eigenvalue weighted by molar-refractivity contribution is 14.1. The topological polar surface area (TPSA) is 12.0 Å². The SMILES string of the molecule is Cc1ccc2cc(NI)ccc2c1. The Kier molecular flexibility index (Phi) is 2.40. The van der Waals surface area contributed by atoms with E-state index < -0.39 is 0 Å². The fraction of sp³-hybridized carbons (Fsp3) is 0.0909. The van der Waals surface area contributed by atoms with Crippen LogP contribution in [-0.2, 0) is 0 Å². The molecule has 2 heteroatoms. The van der Waals surface area contributed by atoms with Crippen LogP contribution in [0, 0.1) is 6.92 Å². The average Bonchev–Trinajstić information content (AvgIpc) is 2.17. The van der Waals surface area contributed by atoms with Crippen LogP contribution in [0.5, 0.6) is 0 Å². The molecule has 66 valence electrons. The smallest absolute Gasteiger partial charge is 0.0560 e. The van der Waals surface area contributed by atoms with Gasteiger partial charge in [0.15, 0.2) is 0 Å². The molecule has 0 saturated heterocycles. The number of fused-ring (bicyclic) bond motifs is 1. The molecule has 1 nitrogen and oxygen atoms in total. The molecule has 0 fully saturated rings. The summed E-state index contributed by atoms with van der Waals surface area (Å²) in [7, 11) is 0. The Morgan fingerprint density at radius 3 is 2.46 bits per heavy atom. The minimum absolute atomic E-state index is 1.15. The second-order valence-corrected chi connectivity index (χ2v) is 3.70. The lowest BCUT2D eigenvalue weighted by Crippen LogP contribution is -1.80. The van der Waals surface area contributed by atoms with Crippen molar-refractivity contribution in [3.05, 3.63) is 42.0 Å². The van der Waals surface area contributed by atoms with Crippen molar-refractivity contribution in [3.8, 4) is 0 Å². The second-order valence-electron chi connectivity index (χ2n) is 3.16. The van der Waals surface area contributed by atoms with Crippen molar-refractivity contribution in [1.29, 1.82) is 0 Å². The van der Waals surface area contributed by atoms with Crippen LogP contribution in [0.2, 0.25) is 0 Å². The van der Waals surface area contributed by atoms with Gasteiger partial charge in [0.25, 0.3) is 0 Å². The Hall–Kier alpha value is -0.770. The zero-order valence-electron chi connectivity index (χ0n) is 7.34. The molecule has 0 heterocycles. The quantitative estimate of drug-likeness (QED) is 0.618. The molecule has 0 aliphatic carbocycles. The van der Waals surface area contributed by atoms with Gasteiger partial charge in [-0.2, -0.15) is 0 Å². The van der Waals surface area contributed by atoms with E-state index in [9.17, 15) is 0 Å². The van der Waals surface area contributed by atoms with E-state index >= 15 is 0 Å². The first-order valence-electron chi connectivity index (χ1n) is 4.17. The van der Waals surface area contributed by atoms with Gasteiger partial charge in [-0.1, -0.05) is 29.8 Å².